The van der Waals surface area contributed by atoms with Crippen molar-refractivity contribution in [3.8, 4) is 17.2 Å². The smallest absolute Gasteiger partial charge is 0.244 e. The van der Waals surface area contributed by atoms with E-state index in [1.165, 1.54) is 11.0 Å². The molecule has 1 heterocycles. The molecule has 202 valence electrons. The fourth-order valence-corrected chi connectivity index (χ4v) is 4.89. The van der Waals surface area contributed by atoms with E-state index in [2.05, 4.69) is 5.32 Å². The number of benzene rings is 2. The number of carbonyl (C=O) groups excluding carboxylic acids is 2. The van der Waals surface area contributed by atoms with Crippen molar-refractivity contribution in [3.63, 3.8) is 0 Å². The molecule has 37 heavy (non-hydrogen) atoms. The van der Waals surface area contributed by atoms with E-state index in [1.54, 1.807) is 37.4 Å². The average molecular weight is 534 g/mol. The zero-order valence-electron chi connectivity index (χ0n) is 21.7. The first-order valence-electron chi connectivity index (χ1n) is 12.2. The molecule has 3 rings (SSSR count). The van der Waals surface area contributed by atoms with E-state index in [0.717, 1.165) is 29.0 Å². The minimum atomic E-state index is -3.85. The molecular formula is C26H35N3O7S. The lowest BCUT2D eigenvalue weighted by atomic mass is 10.1. The second-order valence-electron chi connectivity index (χ2n) is 8.75. The molecule has 0 radical (unpaired) electrons. The molecule has 0 saturated heterocycles. The van der Waals surface area contributed by atoms with Crippen LogP contribution in [0, 0.1) is 0 Å². The summed E-state index contributed by atoms with van der Waals surface area (Å²) in [5.74, 6) is 0.722. The van der Waals surface area contributed by atoms with Gasteiger partial charge in [-0.2, -0.15) is 0 Å². The Morgan fingerprint density at radius 2 is 1.86 bits per heavy atom. The second kappa shape index (κ2) is 12.7. The van der Waals surface area contributed by atoms with Crippen LogP contribution < -0.4 is 23.8 Å². The van der Waals surface area contributed by atoms with Crippen molar-refractivity contribution in [2.45, 2.75) is 45.7 Å². The molecule has 0 aliphatic carbocycles. The molecule has 0 unspecified atom stereocenters. The number of unbranched alkanes of at least 4 members (excludes halogenated alkanes) is 1. The fourth-order valence-electron chi connectivity index (χ4n) is 4.05. The molecule has 1 N–H and O–H groups in total. The number of carbonyl (C=O) groups is 2. The summed E-state index contributed by atoms with van der Waals surface area (Å²) in [7, 11) is -2.30. The first-order chi connectivity index (χ1) is 17.7. The predicted octanol–water partition coefficient (Wildman–Crippen LogP) is 2.91. The summed E-state index contributed by atoms with van der Waals surface area (Å²) in [5.41, 5.74) is 1.02. The van der Waals surface area contributed by atoms with E-state index in [-0.39, 0.29) is 24.9 Å². The van der Waals surface area contributed by atoms with Gasteiger partial charge in [0.15, 0.2) is 11.5 Å². The number of sulfonamides is 1. The van der Waals surface area contributed by atoms with E-state index in [1.807, 2.05) is 19.9 Å². The standard InChI is InChI=1S/C26H35N3O7S/c1-5-7-13-27-26(31)22(6-2)28(16-19-9-8-10-21(14-19)34-3)25(30)17-29(37(4,32)33)20-11-12-23-24(15-20)36-18-35-23/h8-12,14-15,22H,5-7,13,16-18H2,1-4H3,(H,27,31)/t22-/m1/s1. The molecule has 2 aromatic rings. The predicted molar refractivity (Wildman–Crippen MR) is 140 cm³/mol. The van der Waals surface area contributed by atoms with Crippen LogP contribution in [0.3, 0.4) is 0 Å². The monoisotopic (exact) mass is 533 g/mol. The zero-order chi connectivity index (χ0) is 27.0. The second-order valence-corrected chi connectivity index (χ2v) is 10.7. The van der Waals surface area contributed by atoms with Crippen LogP contribution in [-0.4, -0.2) is 64.4 Å². The third-order valence-corrected chi connectivity index (χ3v) is 7.17. The highest BCUT2D eigenvalue weighted by Gasteiger charge is 2.32. The van der Waals surface area contributed by atoms with Gasteiger partial charge in [-0.05, 0) is 42.7 Å². The van der Waals surface area contributed by atoms with Gasteiger partial charge in [0.25, 0.3) is 0 Å². The van der Waals surface area contributed by atoms with Crippen LogP contribution in [0.2, 0.25) is 0 Å². The van der Waals surface area contributed by atoms with Crippen molar-refractivity contribution in [1.82, 2.24) is 10.2 Å². The van der Waals surface area contributed by atoms with Crippen LogP contribution in [0.1, 0.15) is 38.7 Å². The quantitative estimate of drug-likeness (QED) is 0.394. The minimum absolute atomic E-state index is 0.0379. The molecule has 2 amide bonds. The molecule has 0 saturated carbocycles. The van der Waals surface area contributed by atoms with Crippen LogP contribution in [0.15, 0.2) is 42.5 Å². The van der Waals surface area contributed by atoms with Gasteiger partial charge in [-0.15, -0.1) is 0 Å². The number of ether oxygens (including phenoxy) is 3. The highest BCUT2D eigenvalue weighted by molar-refractivity contribution is 7.92. The maximum Gasteiger partial charge on any atom is 0.244 e. The fraction of sp³-hybridized carbons (Fsp3) is 0.462. The normalized spacial score (nSPS) is 13.1. The first kappa shape index (κ1) is 28.1. The Morgan fingerprint density at radius 1 is 1.11 bits per heavy atom. The molecule has 11 heteroatoms. The Labute approximate surface area is 218 Å². The van der Waals surface area contributed by atoms with Gasteiger partial charge in [0, 0.05) is 19.2 Å². The maximum absolute atomic E-state index is 13.8. The first-order valence-corrected chi connectivity index (χ1v) is 14.1. The highest BCUT2D eigenvalue weighted by Crippen LogP contribution is 2.36. The van der Waals surface area contributed by atoms with E-state index in [9.17, 15) is 18.0 Å². The third kappa shape index (κ3) is 7.28. The van der Waals surface area contributed by atoms with Gasteiger partial charge < -0.3 is 24.4 Å². The molecule has 10 nitrogen and oxygen atoms in total. The van der Waals surface area contributed by atoms with Gasteiger partial charge in [-0.25, -0.2) is 8.42 Å². The number of nitrogens with one attached hydrogen (secondary N) is 1. The summed E-state index contributed by atoms with van der Waals surface area (Å²) < 4.78 is 42.6. The molecule has 1 atom stereocenters. The van der Waals surface area contributed by atoms with Gasteiger partial charge in [-0.1, -0.05) is 32.4 Å². The topological polar surface area (TPSA) is 114 Å². The number of fused-ring (bicyclic) bond motifs is 1. The highest BCUT2D eigenvalue weighted by atomic mass is 32.2. The van der Waals surface area contributed by atoms with Crippen LogP contribution in [0.5, 0.6) is 17.2 Å². The lowest BCUT2D eigenvalue weighted by Crippen LogP contribution is -2.52. The number of anilines is 1. The molecule has 0 fully saturated rings. The van der Waals surface area contributed by atoms with E-state index in [4.69, 9.17) is 14.2 Å². The molecule has 0 spiro atoms. The SMILES string of the molecule is CCCCNC(=O)[C@@H](CC)N(Cc1cccc(OC)c1)C(=O)CN(c1ccc2c(c1)OCO2)S(C)(=O)=O. The summed E-state index contributed by atoms with van der Waals surface area (Å²) >= 11 is 0. The van der Waals surface area contributed by atoms with E-state index in [0.29, 0.717) is 30.2 Å². The van der Waals surface area contributed by atoms with E-state index < -0.39 is 28.5 Å². The summed E-state index contributed by atoms with van der Waals surface area (Å²) in [6.45, 7) is 4.01. The van der Waals surface area contributed by atoms with Crippen molar-refractivity contribution >= 4 is 27.5 Å². The average Bonchev–Trinajstić information content (AvgIpc) is 3.34. The molecule has 2 aromatic carbocycles. The van der Waals surface area contributed by atoms with Gasteiger partial charge in [0.2, 0.25) is 28.6 Å². The zero-order valence-corrected chi connectivity index (χ0v) is 22.5. The summed E-state index contributed by atoms with van der Waals surface area (Å²) in [6, 6.07) is 11.1. The Morgan fingerprint density at radius 3 is 2.54 bits per heavy atom. The van der Waals surface area contributed by atoms with Crippen LogP contribution in [0.25, 0.3) is 0 Å². The van der Waals surface area contributed by atoms with Crippen molar-refractivity contribution < 1.29 is 32.2 Å². The Kier molecular flexibility index (Phi) is 9.62. The Hall–Kier alpha value is -3.47. The van der Waals surface area contributed by atoms with Gasteiger partial charge in [0.05, 0.1) is 19.1 Å². The van der Waals surface area contributed by atoms with Crippen molar-refractivity contribution in [3.05, 3.63) is 48.0 Å². The maximum atomic E-state index is 13.8. The Balaban J connectivity index is 1.93. The number of methoxy groups -OCH3 is 1. The minimum Gasteiger partial charge on any atom is -0.497 e. The molecule has 1 aliphatic heterocycles. The Bertz CT molecular complexity index is 1200. The number of rotatable bonds is 13. The van der Waals surface area contributed by atoms with Crippen LogP contribution in [-0.2, 0) is 26.2 Å². The number of nitrogens with zero attached hydrogens (tertiary/aromatic N) is 2. The van der Waals surface area contributed by atoms with Crippen LogP contribution >= 0.6 is 0 Å². The van der Waals surface area contributed by atoms with Crippen molar-refractivity contribution in [2.75, 3.05) is 37.6 Å². The third-order valence-electron chi connectivity index (χ3n) is 6.03. The molecule has 1 aliphatic rings. The van der Waals surface area contributed by atoms with Gasteiger partial charge in [0.1, 0.15) is 18.3 Å². The molecule has 0 aromatic heterocycles. The summed E-state index contributed by atoms with van der Waals surface area (Å²) in [4.78, 5) is 28.3. The number of amides is 2. The van der Waals surface area contributed by atoms with Crippen molar-refractivity contribution in [2.24, 2.45) is 0 Å². The molecule has 0 bridgehead atoms. The summed E-state index contributed by atoms with van der Waals surface area (Å²) in [6.07, 6.45) is 3.13. The van der Waals surface area contributed by atoms with Gasteiger partial charge >= 0.3 is 0 Å². The number of hydrogen-bond acceptors (Lipinski definition) is 7. The van der Waals surface area contributed by atoms with E-state index >= 15 is 0 Å². The largest absolute Gasteiger partial charge is 0.497 e. The van der Waals surface area contributed by atoms with Crippen molar-refractivity contribution in [1.29, 1.82) is 0 Å². The lowest BCUT2D eigenvalue weighted by Gasteiger charge is -2.33. The van der Waals surface area contributed by atoms with Gasteiger partial charge in [-0.3, -0.25) is 13.9 Å². The lowest BCUT2D eigenvalue weighted by molar-refractivity contribution is -0.140. The summed E-state index contributed by atoms with van der Waals surface area (Å²) in [5, 5.41) is 2.90. The molecular weight excluding hydrogens is 498 g/mol. The number of hydrogen-bond donors (Lipinski definition) is 1. The van der Waals surface area contributed by atoms with Crippen LogP contribution in [0.4, 0.5) is 5.69 Å².